The fraction of sp³-hybridized carbons (Fsp3) is 0.333. The van der Waals surface area contributed by atoms with Crippen LogP contribution in [0.2, 0.25) is 5.02 Å². The van der Waals surface area contributed by atoms with Gasteiger partial charge in [-0.1, -0.05) is 17.7 Å². The van der Waals surface area contributed by atoms with Crippen molar-refractivity contribution < 1.29 is 5.11 Å². The van der Waals surface area contributed by atoms with Gasteiger partial charge >= 0.3 is 0 Å². The molecule has 0 amide bonds. The molecule has 0 aliphatic rings. The molecule has 4 nitrogen and oxygen atoms in total. The van der Waals surface area contributed by atoms with Crippen LogP contribution in [-0.2, 0) is 7.05 Å². The number of halogens is 1. The van der Waals surface area contributed by atoms with Gasteiger partial charge in [-0.15, -0.1) is 10.2 Å². The lowest BCUT2D eigenvalue weighted by Gasteiger charge is -2.08. The molecule has 2 aromatic rings. The second-order valence-corrected chi connectivity index (χ2v) is 5.47. The number of aliphatic hydroxyl groups excluding tert-OH is 1. The van der Waals surface area contributed by atoms with E-state index in [4.69, 9.17) is 11.6 Å². The van der Waals surface area contributed by atoms with Crippen LogP contribution in [0.25, 0.3) is 0 Å². The molecule has 1 atom stereocenters. The minimum atomic E-state index is -0.515. The monoisotopic (exact) mass is 283 g/mol. The molecule has 0 unspecified atom stereocenters. The van der Waals surface area contributed by atoms with Crippen molar-refractivity contribution in [2.75, 3.05) is 0 Å². The van der Waals surface area contributed by atoms with Crippen molar-refractivity contribution in [1.82, 2.24) is 14.8 Å². The van der Waals surface area contributed by atoms with E-state index < -0.39 is 6.10 Å². The first-order valence-corrected chi connectivity index (χ1v) is 6.70. The Morgan fingerprint density at radius 1 is 1.39 bits per heavy atom. The summed E-state index contributed by atoms with van der Waals surface area (Å²) >= 11 is 7.65. The second kappa shape index (κ2) is 5.30. The highest BCUT2D eigenvalue weighted by Crippen LogP contribution is 2.33. The number of hydrogen-bond donors (Lipinski definition) is 1. The summed E-state index contributed by atoms with van der Waals surface area (Å²) in [5.41, 5.74) is 0.804. The average Bonchev–Trinajstić information content (AvgIpc) is 2.63. The van der Waals surface area contributed by atoms with Gasteiger partial charge in [-0.05, 0) is 43.3 Å². The molecular weight excluding hydrogens is 270 g/mol. The summed E-state index contributed by atoms with van der Waals surface area (Å²) in [6, 6.07) is 5.53. The number of aliphatic hydroxyl groups is 1. The van der Waals surface area contributed by atoms with Crippen molar-refractivity contribution in [2.45, 2.75) is 30.0 Å². The largest absolute Gasteiger partial charge is 0.389 e. The lowest BCUT2D eigenvalue weighted by molar-refractivity contribution is 0.199. The van der Waals surface area contributed by atoms with Gasteiger partial charge in [0.2, 0.25) is 0 Å². The summed E-state index contributed by atoms with van der Waals surface area (Å²) in [4.78, 5) is 0.900. The summed E-state index contributed by atoms with van der Waals surface area (Å²) in [6.45, 7) is 3.61. The highest BCUT2D eigenvalue weighted by atomic mass is 35.5. The Kier molecular flexibility index (Phi) is 3.94. The molecule has 0 saturated carbocycles. The van der Waals surface area contributed by atoms with Gasteiger partial charge in [0.05, 0.1) is 11.1 Å². The molecule has 1 aromatic heterocycles. The lowest BCUT2D eigenvalue weighted by atomic mass is 10.1. The van der Waals surface area contributed by atoms with Crippen LogP contribution in [0.3, 0.4) is 0 Å². The third-order valence-electron chi connectivity index (χ3n) is 2.69. The fourth-order valence-corrected chi connectivity index (χ4v) is 2.58. The Bertz CT molecular complexity index is 568. The molecule has 18 heavy (non-hydrogen) atoms. The Morgan fingerprint density at radius 3 is 2.61 bits per heavy atom. The SMILES string of the molecule is Cc1nnc(Sc2ccc([C@@H](C)O)cc2Cl)n1C. The third kappa shape index (κ3) is 2.68. The molecule has 0 spiro atoms. The van der Waals surface area contributed by atoms with E-state index in [1.165, 1.54) is 11.8 Å². The van der Waals surface area contributed by atoms with Crippen molar-refractivity contribution in [1.29, 1.82) is 0 Å². The van der Waals surface area contributed by atoms with Crippen molar-refractivity contribution in [3.8, 4) is 0 Å². The van der Waals surface area contributed by atoms with Gasteiger partial charge in [0.1, 0.15) is 5.82 Å². The molecule has 1 heterocycles. The van der Waals surface area contributed by atoms with E-state index in [9.17, 15) is 5.11 Å². The number of hydrogen-bond acceptors (Lipinski definition) is 4. The molecule has 2 rings (SSSR count). The number of rotatable bonds is 3. The Balaban J connectivity index is 2.27. The summed E-state index contributed by atoms with van der Waals surface area (Å²) in [5.74, 6) is 0.856. The predicted octanol–water partition coefficient (Wildman–Crippen LogP) is 2.98. The fourth-order valence-electron chi connectivity index (χ4n) is 1.43. The van der Waals surface area contributed by atoms with Crippen LogP contribution >= 0.6 is 23.4 Å². The molecule has 0 saturated heterocycles. The molecule has 0 aliphatic carbocycles. The zero-order chi connectivity index (χ0) is 13.3. The maximum Gasteiger partial charge on any atom is 0.195 e. The molecule has 0 bridgehead atoms. The van der Waals surface area contributed by atoms with Crippen molar-refractivity contribution in [3.63, 3.8) is 0 Å². The van der Waals surface area contributed by atoms with Gasteiger partial charge in [0.25, 0.3) is 0 Å². The Hall–Kier alpha value is -1.04. The summed E-state index contributed by atoms with van der Waals surface area (Å²) in [6.07, 6.45) is -0.515. The summed E-state index contributed by atoms with van der Waals surface area (Å²) in [7, 11) is 1.91. The lowest BCUT2D eigenvalue weighted by Crippen LogP contribution is -1.94. The average molecular weight is 284 g/mol. The molecule has 0 aliphatic heterocycles. The zero-order valence-corrected chi connectivity index (χ0v) is 12.0. The molecule has 0 fully saturated rings. The normalized spacial score (nSPS) is 12.7. The van der Waals surface area contributed by atoms with Gasteiger partial charge in [0, 0.05) is 11.9 Å². The van der Waals surface area contributed by atoms with Gasteiger partial charge in [-0.25, -0.2) is 0 Å². The summed E-state index contributed by atoms with van der Waals surface area (Å²) < 4.78 is 1.91. The molecule has 96 valence electrons. The molecular formula is C12H14ClN3OS. The number of nitrogens with zero attached hydrogens (tertiary/aromatic N) is 3. The predicted molar refractivity (Wildman–Crippen MR) is 71.9 cm³/mol. The van der Waals surface area contributed by atoms with Crippen LogP contribution in [0.1, 0.15) is 24.4 Å². The molecule has 0 radical (unpaired) electrons. The van der Waals surface area contributed by atoms with Crippen molar-refractivity contribution in [2.24, 2.45) is 7.05 Å². The van der Waals surface area contributed by atoms with Crippen LogP contribution < -0.4 is 0 Å². The number of aromatic nitrogens is 3. The van der Waals surface area contributed by atoms with Gasteiger partial charge in [-0.3, -0.25) is 0 Å². The molecule has 1 aromatic carbocycles. The highest BCUT2D eigenvalue weighted by molar-refractivity contribution is 7.99. The van der Waals surface area contributed by atoms with Crippen LogP contribution in [0.4, 0.5) is 0 Å². The van der Waals surface area contributed by atoms with E-state index in [0.717, 1.165) is 21.4 Å². The number of aryl methyl sites for hydroxylation is 1. The van der Waals surface area contributed by atoms with E-state index in [1.807, 2.05) is 30.7 Å². The zero-order valence-electron chi connectivity index (χ0n) is 10.4. The van der Waals surface area contributed by atoms with E-state index >= 15 is 0 Å². The Labute approximate surface area is 115 Å². The third-order valence-corrected chi connectivity index (χ3v) is 4.23. The van der Waals surface area contributed by atoms with Crippen LogP contribution in [0.5, 0.6) is 0 Å². The van der Waals surface area contributed by atoms with Crippen LogP contribution in [0, 0.1) is 6.92 Å². The molecule has 1 N–H and O–H groups in total. The van der Waals surface area contributed by atoms with E-state index in [2.05, 4.69) is 10.2 Å². The number of benzene rings is 1. The minimum Gasteiger partial charge on any atom is -0.389 e. The van der Waals surface area contributed by atoms with Crippen LogP contribution in [-0.4, -0.2) is 19.9 Å². The first-order chi connectivity index (χ1) is 8.49. The first-order valence-electron chi connectivity index (χ1n) is 5.50. The summed E-state index contributed by atoms with van der Waals surface area (Å²) in [5, 5.41) is 19.0. The van der Waals surface area contributed by atoms with Crippen molar-refractivity contribution >= 4 is 23.4 Å². The minimum absolute atomic E-state index is 0.515. The smallest absolute Gasteiger partial charge is 0.195 e. The van der Waals surface area contributed by atoms with Gasteiger partial charge < -0.3 is 9.67 Å². The van der Waals surface area contributed by atoms with Crippen molar-refractivity contribution in [3.05, 3.63) is 34.6 Å². The van der Waals surface area contributed by atoms with Crippen LogP contribution in [0.15, 0.2) is 28.3 Å². The van der Waals surface area contributed by atoms with Gasteiger partial charge in [-0.2, -0.15) is 0 Å². The van der Waals surface area contributed by atoms with E-state index in [-0.39, 0.29) is 0 Å². The second-order valence-electron chi connectivity index (χ2n) is 4.06. The highest BCUT2D eigenvalue weighted by Gasteiger charge is 2.11. The first kappa shape index (κ1) is 13.4. The topological polar surface area (TPSA) is 50.9 Å². The van der Waals surface area contributed by atoms with E-state index in [1.54, 1.807) is 13.0 Å². The molecule has 6 heteroatoms. The van der Waals surface area contributed by atoms with Gasteiger partial charge in [0.15, 0.2) is 5.16 Å². The van der Waals surface area contributed by atoms with E-state index in [0.29, 0.717) is 5.02 Å². The quantitative estimate of drug-likeness (QED) is 0.941. The maximum atomic E-state index is 9.48. The maximum absolute atomic E-state index is 9.48. The Morgan fingerprint density at radius 2 is 2.11 bits per heavy atom. The standard InChI is InChI=1S/C12H14ClN3OS/c1-7(17)9-4-5-11(10(13)6-9)18-12-15-14-8(2)16(12)3/h4-7,17H,1-3H3/t7-/m1/s1.